The van der Waals surface area contributed by atoms with E-state index in [1.807, 2.05) is 17.0 Å². The van der Waals surface area contributed by atoms with Crippen molar-refractivity contribution in [3.63, 3.8) is 0 Å². The maximum Gasteiger partial charge on any atom is 0.319 e. The van der Waals surface area contributed by atoms with Crippen molar-refractivity contribution in [2.24, 2.45) is 17.8 Å². The van der Waals surface area contributed by atoms with Crippen LogP contribution in [0.5, 0.6) is 0 Å². The van der Waals surface area contributed by atoms with Crippen molar-refractivity contribution in [3.05, 3.63) is 65.5 Å². The van der Waals surface area contributed by atoms with Crippen molar-refractivity contribution in [3.8, 4) is 0 Å². The molecule has 3 amide bonds. The first-order valence-corrected chi connectivity index (χ1v) is 9.80. The molecular weight excluding hydrogens is 373 g/mol. The lowest BCUT2D eigenvalue weighted by molar-refractivity contribution is -0.130. The van der Waals surface area contributed by atoms with E-state index in [9.17, 15) is 19.1 Å². The number of amides is 3. The average molecular weight is 397 g/mol. The molecule has 29 heavy (non-hydrogen) atoms. The molecular formula is C22H24FN3O3. The highest BCUT2D eigenvalue weighted by Gasteiger charge is 2.55. The van der Waals surface area contributed by atoms with E-state index in [-0.39, 0.29) is 24.4 Å². The minimum atomic E-state index is -0.354. The highest BCUT2D eigenvalue weighted by Crippen LogP contribution is 2.51. The lowest BCUT2D eigenvalue weighted by Gasteiger charge is -2.19. The van der Waals surface area contributed by atoms with E-state index in [0.717, 1.165) is 24.2 Å². The van der Waals surface area contributed by atoms with Gasteiger partial charge in [-0.05, 0) is 53.1 Å². The molecule has 2 aromatic carbocycles. The Hall–Kier alpha value is -2.93. The Morgan fingerprint density at radius 3 is 2.24 bits per heavy atom. The maximum atomic E-state index is 12.9. The third-order valence-electron chi connectivity index (χ3n) is 5.87. The fraction of sp³-hybridized carbons (Fsp3) is 0.364. The van der Waals surface area contributed by atoms with Gasteiger partial charge in [-0.25, -0.2) is 9.18 Å². The van der Waals surface area contributed by atoms with Gasteiger partial charge >= 0.3 is 6.03 Å². The SMILES string of the molecule is O=C(NCc1ccc(F)cc1)Nc1ccc(CC(=O)N2C[C@@H]3[C@H](CO)[C@@H]3C2)cc1. The van der Waals surface area contributed by atoms with Crippen LogP contribution in [0.2, 0.25) is 0 Å². The number of hydrogen-bond acceptors (Lipinski definition) is 3. The third-order valence-corrected chi connectivity index (χ3v) is 5.87. The molecule has 1 aliphatic heterocycles. The van der Waals surface area contributed by atoms with Crippen molar-refractivity contribution in [2.75, 3.05) is 25.0 Å². The number of benzene rings is 2. The second-order valence-electron chi connectivity index (χ2n) is 7.78. The predicted molar refractivity (Wildman–Crippen MR) is 107 cm³/mol. The molecule has 7 heteroatoms. The van der Waals surface area contributed by atoms with Gasteiger partial charge in [0.2, 0.25) is 5.91 Å². The van der Waals surface area contributed by atoms with Crippen LogP contribution in [-0.2, 0) is 17.8 Å². The van der Waals surface area contributed by atoms with Crippen LogP contribution in [0.4, 0.5) is 14.9 Å². The number of fused-ring (bicyclic) bond motifs is 1. The summed E-state index contributed by atoms with van der Waals surface area (Å²) in [5.74, 6) is 1.13. The van der Waals surface area contributed by atoms with Crippen molar-refractivity contribution in [2.45, 2.75) is 13.0 Å². The molecule has 2 aliphatic rings. The number of urea groups is 1. The molecule has 2 aromatic rings. The summed E-state index contributed by atoms with van der Waals surface area (Å²) < 4.78 is 12.9. The molecule has 1 saturated heterocycles. The van der Waals surface area contributed by atoms with E-state index in [0.29, 0.717) is 36.4 Å². The number of halogens is 1. The summed E-state index contributed by atoms with van der Waals surface area (Å²) in [4.78, 5) is 26.3. The highest BCUT2D eigenvalue weighted by molar-refractivity contribution is 5.89. The fourth-order valence-electron chi connectivity index (χ4n) is 4.08. The molecule has 1 saturated carbocycles. The Morgan fingerprint density at radius 1 is 1.00 bits per heavy atom. The highest BCUT2D eigenvalue weighted by atomic mass is 19.1. The molecule has 0 radical (unpaired) electrons. The van der Waals surface area contributed by atoms with Crippen LogP contribution >= 0.6 is 0 Å². The van der Waals surface area contributed by atoms with Crippen LogP contribution in [-0.4, -0.2) is 41.6 Å². The van der Waals surface area contributed by atoms with Crippen LogP contribution in [0.1, 0.15) is 11.1 Å². The van der Waals surface area contributed by atoms with E-state index >= 15 is 0 Å². The molecule has 0 unspecified atom stereocenters. The van der Waals surface area contributed by atoms with Crippen molar-refractivity contribution in [1.82, 2.24) is 10.2 Å². The summed E-state index contributed by atoms with van der Waals surface area (Å²) in [7, 11) is 0. The van der Waals surface area contributed by atoms with Crippen LogP contribution in [0.25, 0.3) is 0 Å². The fourth-order valence-corrected chi connectivity index (χ4v) is 4.08. The zero-order valence-electron chi connectivity index (χ0n) is 16.0. The molecule has 0 bridgehead atoms. The van der Waals surface area contributed by atoms with E-state index in [1.165, 1.54) is 12.1 Å². The van der Waals surface area contributed by atoms with E-state index in [1.54, 1.807) is 24.3 Å². The lowest BCUT2D eigenvalue weighted by Crippen LogP contribution is -2.33. The van der Waals surface area contributed by atoms with Gasteiger partial charge in [0.15, 0.2) is 0 Å². The Kier molecular flexibility index (Phi) is 5.49. The first-order valence-electron chi connectivity index (χ1n) is 9.80. The molecule has 0 aromatic heterocycles. The maximum absolute atomic E-state index is 12.9. The van der Waals surface area contributed by atoms with E-state index in [2.05, 4.69) is 10.6 Å². The van der Waals surface area contributed by atoms with Gasteiger partial charge in [-0.15, -0.1) is 0 Å². The van der Waals surface area contributed by atoms with Gasteiger partial charge in [-0.1, -0.05) is 24.3 Å². The number of rotatable bonds is 6. The lowest BCUT2D eigenvalue weighted by atomic mass is 10.1. The van der Waals surface area contributed by atoms with Crippen LogP contribution < -0.4 is 10.6 Å². The molecule has 3 N–H and O–H groups in total. The van der Waals surface area contributed by atoms with Crippen LogP contribution in [0.15, 0.2) is 48.5 Å². The van der Waals surface area contributed by atoms with Crippen molar-refractivity contribution < 1.29 is 19.1 Å². The molecule has 4 rings (SSSR count). The Labute approximate surface area is 168 Å². The summed E-state index contributed by atoms with van der Waals surface area (Å²) >= 11 is 0. The number of aliphatic hydroxyl groups is 1. The molecule has 3 atom stereocenters. The Morgan fingerprint density at radius 2 is 1.62 bits per heavy atom. The number of nitrogens with one attached hydrogen (secondary N) is 2. The summed E-state index contributed by atoms with van der Waals surface area (Å²) in [6.07, 6.45) is 0.334. The smallest absolute Gasteiger partial charge is 0.319 e. The molecule has 2 fully saturated rings. The molecule has 0 spiro atoms. The average Bonchev–Trinajstić information content (AvgIpc) is 3.19. The summed E-state index contributed by atoms with van der Waals surface area (Å²) in [5.41, 5.74) is 2.33. The van der Waals surface area contributed by atoms with E-state index < -0.39 is 0 Å². The Balaban J connectivity index is 1.22. The quantitative estimate of drug-likeness (QED) is 0.700. The summed E-state index contributed by atoms with van der Waals surface area (Å²) in [6.45, 7) is 2.03. The molecule has 6 nitrogen and oxygen atoms in total. The summed E-state index contributed by atoms with van der Waals surface area (Å²) in [5, 5.41) is 14.7. The van der Waals surface area contributed by atoms with Gasteiger partial charge in [0.05, 0.1) is 6.42 Å². The molecule has 152 valence electrons. The molecule has 1 heterocycles. The van der Waals surface area contributed by atoms with Crippen molar-refractivity contribution in [1.29, 1.82) is 0 Å². The molecule has 1 aliphatic carbocycles. The predicted octanol–water partition coefficient (Wildman–Crippen LogP) is 2.39. The van der Waals surface area contributed by atoms with Gasteiger partial charge in [0, 0.05) is 31.9 Å². The normalized spacial score (nSPS) is 22.1. The minimum Gasteiger partial charge on any atom is -0.396 e. The number of aliphatic hydroxyl groups excluding tert-OH is 1. The Bertz CT molecular complexity index is 873. The first kappa shape index (κ1) is 19.4. The van der Waals surface area contributed by atoms with Gasteiger partial charge in [0.25, 0.3) is 0 Å². The number of piperidine rings is 1. The van der Waals surface area contributed by atoms with Gasteiger partial charge in [0.1, 0.15) is 5.82 Å². The standard InChI is InChI=1S/C22H24FN3O3/c23-16-5-1-15(2-6-16)10-24-22(29)25-17-7-3-14(4-8-17)9-21(28)26-11-18-19(12-26)20(18)13-27/h1-8,18-20,27H,9-13H2,(H2,24,25,29)/t18-,19+,20-. The minimum absolute atomic E-state index is 0.103. The number of nitrogens with zero attached hydrogens (tertiary/aromatic N) is 1. The zero-order chi connectivity index (χ0) is 20.4. The van der Waals surface area contributed by atoms with Gasteiger partial charge in [-0.3, -0.25) is 4.79 Å². The largest absolute Gasteiger partial charge is 0.396 e. The number of hydrogen-bond donors (Lipinski definition) is 3. The zero-order valence-corrected chi connectivity index (χ0v) is 16.0. The number of anilines is 1. The number of likely N-dealkylation sites (tertiary alicyclic amines) is 1. The van der Waals surface area contributed by atoms with Gasteiger partial charge < -0.3 is 20.6 Å². The van der Waals surface area contributed by atoms with Gasteiger partial charge in [-0.2, -0.15) is 0 Å². The van der Waals surface area contributed by atoms with Crippen LogP contribution in [0.3, 0.4) is 0 Å². The van der Waals surface area contributed by atoms with E-state index in [4.69, 9.17) is 0 Å². The second-order valence-corrected chi connectivity index (χ2v) is 7.78. The third kappa shape index (κ3) is 4.56. The second kappa shape index (κ2) is 8.21. The first-order chi connectivity index (χ1) is 14.0. The van der Waals surface area contributed by atoms with Crippen LogP contribution in [0, 0.1) is 23.6 Å². The summed E-state index contributed by atoms with van der Waals surface area (Å²) in [6, 6.07) is 12.8. The monoisotopic (exact) mass is 397 g/mol. The van der Waals surface area contributed by atoms with Crippen molar-refractivity contribution >= 4 is 17.6 Å². The number of carbonyl (C=O) groups excluding carboxylic acids is 2. The number of carbonyl (C=O) groups is 2. The topological polar surface area (TPSA) is 81.7 Å².